The third-order valence-electron chi connectivity index (χ3n) is 7.07. The molecule has 1 saturated heterocycles. The second kappa shape index (κ2) is 11.2. The van der Waals surface area contributed by atoms with Crippen LogP contribution in [0.15, 0.2) is 42.6 Å². The molecule has 2 aliphatic rings. The molecule has 6 nitrogen and oxygen atoms in total. The normalized spacial score (nSPS) is 19.9. The number of aromatic nitrogens is 1. The van der Waals surface area contributed by atoms with E-state index in [9.17, 15) is 13.7 Å². The van der Waals surface area contributed by atoms with Crippen LogP contribution in [0.4, 0.5) is 10.1 Å². The summed E-state index contributed by atoms with van der Waals surface area (Å²) in [5.74, 6) is 1.62. The summed E-state index contributed by atoms with van der Waals surface area (Å²) < 4.78 is 31.8. The molecule has 0 unspecified atom stereocenters. The minimum absolute atomic E-state index is 0.0232. The Bertz CT molecular complexity index is 1240. The molecule has 1 aromatic heterocycles. The van der Waals surface area contributed by atoms with Crippen LogP contribution in [0.3, 0.4) is 0 Å². The molecule has 0 atom stereocenters. The highest BCUT2D eigenvalue weighted by molar-refractivity contribution is 7.91. The number of halogens is 1. The summed E-state index contributed by atoms with van der Waals surface area (Å²) in [7, 11) is 0. The van der Waals surface area contributed by atoms with Crippen LogP contribution in [-0.2, 0) is 17.7 Å². The summed E-state index contributed by atoms with van der Waals surface area (Å²) in [6, 6.07) is 10.6. The van der Waals surface area contributed by atoms with Crippen molar-refractivity contribution in [1.82, 2.24) is 10.3 Å². The molecule has 190 valence electrons. The van der Waals surface area contributed by atoms with Gasteiger partial charge in [-0.2, -0.15) is 0 Å². The molecular weight excluding hydrogens is 477 g/mol. The van der Waals surface area contributed by atoms with Crippen LogP contribution in [0.25, 0.3) is 10.9 Å². The third-order valence-corrected chi connectivity index (χ3v) is 8.45. The summed E-state index contributed by atoms with van der Waals surface area (Å²) in [4.78, 5) is 17.5. The van der Waals surface area contributed by atoms with Crippen LogP contribution in [-0.4, -0.2) is 39.6 Å². The number of carbonyl (C=O) groups is 1. The molecule has 1 aliphatic heterocycles. The van der Waals surface area contributed by atoms with Crippen molar-refractivity contribution in [3.05, 3.63) is 65.1 Å². The number of carbonyl (C=O) groups excluding carboxylic acids is 1. The predicted octanol–water partition coefficient (Wildman–Crippen LogP) is 5.11. The maximum absolute atomic E-state index is 14.7. The monoisotopic (exact) mass is 509 g/mol. The van der Waals surface area contributed by atoms with Crippen LogP contribution in [0, 0.1) is 18.7 Å². The van der Waals surface area contributed by atoms with E-state index in [1.165, 1.54) is 25.0 Å². The maximum Gasteiger partial charge on any atom is 0.258 e. The van der Waals surface area contributed by atoms with Crippen molar-refractivity contribution in [3.63, 3.8) is 0 Å². The molecule has 5 rings (SSSR count). The molecule has 1 aliphatic carbocycles. The van der Waals surface area contributed by atoms with Gasteiger partial charge in [-0.15, -0.1) is 0 Å². The fourth-order valence-electron chi connectivity index (χ4n) is 4.60. The first-order valence-corrected chi connectivity index (χ1v) is 14.2. The number of aryl methyl sites for hydroxylation is 1. The lowest BCUT2D eigenvalue weighted by Gasteiger charge is -2.25. The van der Waals surface area contributed by atoms with Gasteiger partial charge in [0.25, 0.3) is 5.91 Å². The van der Waals surface area contributed by atoms with Crippen molar-refractivity contribution >= 4 is 33.7 Å². The lowest BCUT2D eigenvalue weighted by molar-refractivity contribution is 0.102. The van der Waals surface area contributed by atoms with Crippen LogP contribution in [0.5, 0.6) is 5.75 Å². The smallest absolute Gasteiger partial charge is 0.258 e. The Morgan fingerprint density at radius 1 is 1.17 bits per heavy atom. The van der Waals surface area contributed by atoms with Gasteiger partial charge < -0.3 is 19.9 Å². The molecule has 0 radical (unpaired) electrons. The first kappa shape index (κ1) is 25.0. The van der Waals surface area contributed by atoms with E-state index in [0.717, 1.165) is 58.7 Å². The summed E-state index contributed by atoms with van der Waals surface area (Å²) >= 11 is -0.662. The molecule has 1 amide bonds. The van der Waals surface area contributed by atoms with Gasteiger partial charge in [0, 0.05) is 48.8 Å². The Balaban J connectivity index is 1.22. The van der Waals surface area contributed by atoms with Gasteiger partial charge in [0.1, 0.15) is 23.1 Å². The molecule has 0 spiro atoms. The number of fused-ring (bicyclic) bond motifs is 1. The second-order valence-electron chi connectivity index (χ2n) is 9.83. The number of rotatable bonds is 9. The van der Waals surface area contributed by atoms with E-state index in [4.69, 9.17) is 4.74 Å². The fraction of sp³-hybridized carbons (Fsp3) is 0.429. The molecule has 1 saturated carbocycles. The number of anilines is 1. The molecule has 0 bridgehead atoms. The quantitative estimate of drug-likeness (QED) is 0.391. The highest BCUT2D eigenvalue weighted by atomic mass is 32.2. The molecule has 8 heteroatoms. The van der Waals surface area contributed by atoms with Crippen molar-refractivity contribution < 1.29 is 18.5 Å². The van der Waals surface area contributed by atoms with Crippen molar-refractivity contribution in [2.75, 3.05) is 23.4 Å². The van der Waals surface area contributed by atoms with Gasteiger partial charge >= 0.3 is 0 Å². The van der Waals surface area contributed by atoms with E-state index in [1.54, 1.807) is 6.07 Å². The highest BCUT2D eigenvalue weighted by Crippen LogP contribution is 2.32. The first-order chi connectivity index (χ1) is 17.5. The van der Waals surface area contributed by atoms with Crippen LogP contribution >= 0.6 is 0 Å². The Morgan fingerprint density at radius 3 is 2.72 bits per heavy atom. The summed E-state index contributed by atoms with van der Waals surface area (Å²) in [5.41, 5.74) is 3.28. The van der Waals surface area contributed by atoms with E-state index in [1.807, 2.05) is 25.3 Å². The van der Waals surface area contributed by atoms with Gasteiger partial charge in [-0.25, -0.2) is 4.39 Å². The highest BCUT2D eigenvalue weighted by Gasteiger charge is 2.22. The summed E-state index contributed by atoms with van der Waals surface area (Å²) in [6.45, 7) is 3.18. The zero-order valence-corrected chi connectivity index (χ0v) is 21.3. The van der Waals surface area contributed by atoms with Gasteiger partial charge in [0.2, 0.25) is 0 Å². The summed E-state index contributed by atoms with van der Waals surface area (Å²) in [6.07, 6.45) is 7.21. The van der Waals surface area contributed by atoms with E-state index < -0.39 is 22.9 Å². The third kappa shape index (κ3) is 6.17. The number of nitrogens with zero attached hydrogens (tertiary/aromatic N) is 1. The minimum atomic E-state index is -0.662. The molecule has 2 heterocycles. The van der Waals surface area contributed by atoms with Crippen molar-refractivity contribution in [2.24, 2.45) is 5.92 Å². The zero-order chi connectivity index (χ0) is 25.1. The number of pyridine rings is 1. The number of hydrogen-bond donors (Lipinski definition) is 2. The van der Waals surface area contributed by atoms with Crippen LogP contribution < -0.4 is 15.4 Å². The van der Waals surface area contributed by atoms with E-state index in [-0.39, 0.29) is 5.56 Å². The standard InChI is InChI=1S/C28H32FN3O3S/c1-18-26(32-28(33)24-6-5-23(15-25(24)29)35-11-8-19-2-3-19)7-4-21-14-20(17-31-27(18)21)16-30-22-9-12-36(34)13-10-22/h4-7,14-15,17,19,22,30H,2-3,8-13,16H2,1H3,(H,32,33)/t22-,36+. The lowest BCUT2D eigenvalue weighted by Crippen LogP contribution is -2.37. The Kier molecular flexibility index (Phi) is 7.74. The number of benzene rings is 2. The largest absolute Gasteiger partial charge is 0.616 e. The van der Waals surface area contributed by atoms with Crippen LogP contribution in [0.1, 0.15) is 53.6 Å². The van der Waals surface area contributed by atoms with Gasteiger partial charge in [-0.1, -0.05) is 30.1 Å². The van der Waals surface area contributed by atoms with E-state index in [0.29, 0.717) is 30.6 Å². The average molecular weight is 510 g/mol. The Hall–Kier alpha value is -2.68. The molecular formula is C28H32FN3O3S. The lowest BCUT2D eigenvalue weighted by atomic mass is 10.1. The minimum Gasteiger partial charge on any atom is -0.616 e. The van der Waals surface area contributed by atoms with Gasteiger partial charge in [0.05, 0.1) is 17.7 Å². The number of hydrogen-bond acceptors (Lipinski definition) is 5. The number of nitrogens with one attached hydrogen (secondary N) is 2. The van der Waals surface area contributed by atoms with Crippen molar-refractivity contribution in [3.8, 4) is 5.75 Å². The Morgan fingerprint density at radius 2 is 1.97 bits per heavy atom. The molecule has 3 aromatic rings. The fourth-order valence-corrected chi connectivity index (χ4v) is 5.89. The Labute approximate surface area is 214 Å². The van der Waals surface area contributed by atoms with Crippen molar-refractivity contribution in [1.29, 1.82) is 0 Å². The zero-order valence-electron chi connectivity index (χ0n) is 20.5. The summed E-state index contributed by atoms with van der Waals surface area (Å²) in [5, 5.41) is 7.36. The molecule has 2 fully saturated rings. The maximum atomic E-state index is 14.7. The van der Waals surface area contributed by atoms with Gasteiger partial charge in [-0.05, 0) is 54.7 Å². The predicted molar refractivity (Wildman–Crippen MR) is 141 cm³/mol. The first-order valence-electron chi connectivity index (χ1n) is 12.7. The van der Waals surface area contributed by atoms with E-state index in [2.05, 4.69) is 21.7 Å². The van der Waals surface area contributed by atoms with Crippen LogP contribution in [0.2, 0.25) is 0 Å². The topological polar surface area (TPSA) is 86.3 Å². The number of ether oxygens (including phenoxy) is 1. The van der Waals surface area contributed by atoms with E-state index >= 15 is 0 Å². The number of amides is 1. The van der Waals surface area contributed by atoms with Gasteiger partial charge in [-0.3, -0.25) is 9.78 Å². The van der Waals surface area contributed by atoms with Crippen molar-refractivity contribution in [2.45, 2.75) is 51.6 Å². The SMILES string of the molecule is Cc1c(NC(=O)c2ccc(OCCC3CC3)cc2F)ccc2cc(CN[C@H]3CC[S@@+]([O-])CC3)cnc12. The average Bonchev–Trinajstić information content (AvgIpc) is 3.70. The second-order valence-corrected chi connectivity index (χ2v) is 11.5. The molecule has 36 heavy (non-hydrogen) atoms. The molecule has 2 aromatic carbocycles. The molecule has 2 N–H and O–H groups in total. The van der Waals surface area contributed by atoms with Gasteiger partial charge in [0.15, 0.2) is 0 Å².